The average Bonchev–Trinajstić information content (AvgIpc) is 2.41. The first kappa shape index (κ1) is 20.4. The van der Waals surface area contributed by atoms with Crippen molar-refractivity contribution in [3.05, 3.63) is 35.9 Å². The van der Waals surface area contributed by atoms with Gasteiger partial charge in [-0.1, -0.05) is 30.3 Å². The minimum absolute atomic E-state index is 0.0208. The number of benzene rings is 1. The van der Waals surface area contributed by atoms with E-state index in [2.05, 4.69) is 5.32 Å². The highest BCUT2D eigenvalue weighted by molar-refractivity contribution is 7.80. The first-order valence-corrected chi connectivity index (χ1v) is 8.25. The van der Waals surface area contributed by atoms with Crippen molar-refractivity contribution < 1.29 is 19.4 Å². The molecule has 6 heteroatoms. The number of rotatable bonds is 4. The molecular formula is C18H27NO4S. The average molecular weight is 353 g/mol. The summed E-state index contributed by atoms with van der Waals surface area (Å²) in [5.41, 5.74) is -0.472. The lowest BCUT2D eigenvalue weighted by Crippen LogP contribution is -2.44. The van der Waals surface area contributed by atoms with Crippen molar-refractivity contribution in [2.24, 2.45) is 0 Å². The topological polar surface area (TPSA) is 67.8 Å². The van der Waals surface area contributed by atoms with Gasteiger partial charge in [0.05, 0.1) is 6.04 Å². The molecule has 0 heterocycles. The number of carbonyl (C=O) groups is 1. The van der Waals surface area contributed by atoms with Gasteiger partial charge in [0.15, 0.2) is 5.05 Å². The fourth-order valence-corrected chi connectivity index (χ4v) is 2.32. The van der Waals surface area contributed by atoms with Crippen LogP contribution in [-0.4, -0.2) is 33.6 Å². The van der Waals surface area contributed by atoms with Crippen LogP contribution in [0.2, 0.25) is 0 Å². The first-order valence-electron chi connectivity index (χ1n) is 7.84. The number of aliphatic hydroxyl groups is 1. The summed E-state index contributed by atoms with van der Waals surface area (Å²) in [7, 11) is 0. The summed E-state index contributed by atoms with van der Waals surface area (Å²) in [4.78, 5) is 12.1. The maximum Gasteiger partial charge on any atom is 0.408 e. The normalized spacial score (nSPS) is 14.5. The Morgan fingerprint density at radius 2 is 1.54 bits per heavy atom. The van der Waals surface area contributed by atoms with Crippen LogP contribution in [0.4, 0.5) is 4.79 Å². The Morgan fingerprint density at radius 3 is 2.00 bits per heavy atom. The maximum absolute atomic E-state index is 12.1. The van der Waals surface area contributed by atoms with Crippen LogP contribution < -0.4 is 5.32 Å². The van der Waals surface area contributed by atoms with Crippen molar-refractivity contribution in [1.82, 2.24) is 5.32 Å². The standard InChI is InChI=1S/C18H27NO4S/c1-17(2,3)22-15(24)14(20)13(12-10-8-7-9-11-12)19-16(21)23-18(4,5)6/h7-11,13-14,20H,1-6H3,(H,19,21)/t13-,14-/m1/s1. The smallest absolute Gasteiger partial charge is 0.408 e. The summed E-state index contributed by atoms with van der Waals surface area (Å²) in [6.07, 6.45) is -1.82. The van der Waals surface area contributed by atoms with E-state index in [1.165, 1.54) is 0 Å². The summed E-state index contributed by atoms with van der Waals surface area (Å²) >= 11 is 5.20. The van der Waals surface area contributed by atoms with E-state index >= 15 is 0 Å². The Balaban J connectivity index is 2.98. The number of carbonyl (C=O) groups excluding carboxylic acids is 1. The molecule has 0 aliphatic heterocycles. The number of hydrogen-bond donors (Lipinski definition) is 2. The van der Waals surface area contributed by atoms with Crippen LogP contribution in [0.1, 0.15) is 53.1 Å². The summed E-state index contributed by atoms with van der Waals surface area (Å²) in [5.74, 6) is 0. The SMILES string of the molecule is CC(C)(C)OC(=O)N[C@H](c1ccccc1)[C@@H](O)C(=S)OC(C)(C)C. The molecule has 134 valence electrons. The molecule has 0 radical (unpaired) electrons. The van der Waals surface area contributed by atoms with Crippen LogP contribution in [0.25, 0.3) is 0 Å². The Labute approximate surface area is 149 Å². The zero-order chi connectivity index (χ0) is 18.5. The third-order valence-electron chi connectivity index (χ3n) is 2.79. The van der Waals surface area contributed by atoms with Crippen LogP contribution in [0.3, 0.4) is 0 Å². The zero-order valence-electron chi connectivity index (χ0n) is 15.1. The highest BCUT2D eigenvalue weighted by Crippen LogP contribution is 2.22. The van der Waals surface area contributed by atoms with E-state index in [0.717, 1.165) is 0 Å². The van der Waals surface area contributed by atoms with Crippen LogP contribution in [0, 0.1) is 0 Å². The molecule has 1 aromatic carbocycles. The molecule has 0 unspecified atom stereocenters. The van der Waals surface area contributed by atoms with Gasteiger partial charge in [0, 0.05) is 0 Å². The van der Waals surface area contributed by atoms with Gasteiger partial charge in [0.2, 0.25) is 0 Å². The van der Waals surface area contributed by atoms with E-state index < -0.39 is 29.4 Å². The minimum atomic E-state index is -1.19. The number of thiocarbonyl (C=S) groups is 1. The monoisotopic (exact) mass is 353 g/mol. The van der Waals surface area contributed by atoms with E-state index in [-0.39, 0.29) is 5.05 Å². The molecule has 0 aliphatic carbocycles. The second kappa shape index (κ2) is 7.94. The summed E-state index contributed by atoms with van der Waals surface area (Å²) in [6, 6.07) is 8.31. The maximum atomic E-state index is 12.1. The van der Waals surface area contributed by atoms with Gasteiger partial charge in [-0.15, -0.1) is 0 Å². The number of hydrogen-bond acceptors (Lipinski definition) is 5. The Bertz CT molecular complexity index is 561. The van der Waals surface area contributed by atoms with Gasteiger partial charge in [-0.3, -0.25) is 0 Å². The first-order chi connectivity index (χ1) is 10.9. The van der Waals surface area contributed by atoms with Gasteiger partial charge in [-0.05, 0) is 59.3 Å². The Hall–Kier alpha value is -1.66. The highest BCUT2D eigenvalue weighted by Gasteiger charge is 2.31. The van der Waals surface area contributed by atoms with Crippen molar-refractivity contribution in [2.45, 2.75) is 64.9 Å². The molecule has 2 N–H and O–H groups in total. The van der Waals surface area contributed by atoms with E-state index in [1.807, 2.05) is 39.0 Å². The summed E-state index contributed by atoms with van der Waals surface area (Å²) < 4.78 is 10.8. The molecule has 0 spiro atoms. The minimum Gasteiger partial charge on any atom is -0.479 e. The molecule has 0 saturated carbocycles. The molecular weight excluding hydrogens is 326 g/mol. The molecule has 0 fully saturated rings. The van der Waals surface area contributed by atoms with Crippen molar-refractivity contribution >= 4 is 23.4 Å². The van der Waals surface area contributed by atoms with Crippen LogP contribution in [0.5, 0.6) is 0 Å². The van der Waals surface area contributed by atoms with E-state index in [1.54, 1.807) is 32.9 Å². The predicted octanol–water partition coefficient (Wildman–Crippen LogP) is 3.76. The Kier molecular flexibility index (Phi) is 6.75. The fraction of sp³-hybridized carbons (Fsp3) is 0.556. The summed E-state index contributed by atoms with van der Waals surface area (Å²) in [6.45, 7) is 10.8. The predicted molar refractivity (Wildman–Crippen MR) is 98.0 cm³/mol. The molecule has 1 rings (SSSR count). The number of nitrogens with one attached hydrogen (secondary N) is 1. The van der Waals surface area contributed by atoms with Crippen LogP contribution in [0.15, 0.2) is 30.3 Å². The van der Waals surface area contributed by atoms with Crippen molar-refractivity contribution in [3.8, 4) is 0 Å². The van der Waals surface area contributed by atoms with Crippen LogP contribution >= 0.6 is 12.2 Å². The zero-order valence-corrected chi connectivity index (χ0v) is 15.9. The molecule has 1 aromatic rings. The molecule has 0 bridgehead atoms. The summed E-state index contributed by atoms with van der Waals surface area (Å²) in [5, 5.41) is 13.3. The fourth-order valence-electron chi connectivity index (χ4n) is 1.94. The number of ether oxygens (including phenoxy) is 2. The number of alkyl carbamates (subject to hydrolysis) is 1. The number of aliphatic hydroxyl groups excluding tert-OH is 1. The van der Waals surface area contributed by atoms with Crippen molar-refractivity contribution in [3.63, 3.8) is 0 Å². The molecule has 24 heavy (non-hydrogen) atoms. The third kappa shape index (κ3) is 7.27. The second-order valence-corrected chi connectivity index (χ2v) is 7.92. The van der Waals surface area contributed by atoms with Gasteiger partial charge in [-0.25, -0.2) is 4.79 Å². The van der Waals surface area contributed by atoms with Gasteiger partial charge in [0.25, 0.3) is 0 Å². The van der Waals surface area contributed by atoms with E-state index in [9.17, 15) is 9.90 Å². The lowest BCUT2D eigenvalue weighted by molar-refractivity contribution is 0.0426. The molecule has 0 aliphatic rings. The highest BCUT2D eigenvalue weighted by atomic mass is 32.1. The van der Waals surface area contributed by atoms with Crippen molar-refractivity contribution in [2.75, 3.05) is 0 Å². The van der Waals surface area contributed by atoms with Gasteiger partial charge in [-0.2, -0.15) is 0 Å². The van der Waals surface area contributed by atoms with Gasteiger partial charge in [0.1, 0.15) is 17.3 Å². The third-order valence-corrected chi connectivity index (χ3v) is 3.12. The van der Waals surface area contributed by atoms with Crippen molar-refractivity contribution in [1.29, 1.82) is 0 Å². The lowest BCUT2D eigenvalue weighted by atomic mass is 10.0. The molecule has 2 atom stereocenters. The largest absolute Gasteiger partial charge is 0.479 e. The second-order valence-electron chi connectivity index (χ2n) is 7.51. The molecule has 5 nitrogen and oxygen atoms in total. The van der Waals surface area contributed by atoms with E-state index in [4.69, 9.17) is 21.7 Å². The Morgan fingerprint density at radius 1 is 1.04 bits per heavy atom. The quantitative estimate of drug-likeness (QED) is 0.807. The molecule has 0 aromatic heterocycles. The molecule has 0 saturated heterocycles. The van der Waals surface area contributed by atoms with Crippen LogP contribution in [-0.2, 0) is 9.47 Å². The lowest BCUT2D eigenvalue weighted by Gasteiger charge is -2.30. The number of amides is 1. The van der Waals surface area contributed by atoms with Gasteiger partial charge < -0.3 is 19.9 Å². The molecule has 1 amide bonds. The van der Waals surface area contributed by atoms with Gasteiger partial charge >= 0.3 is 6.09 Å². The van der Waals surface area contributed by atoms with E-state index in [0.29, 0.717) is 5.56 Å².